The summed E-state index contributed by atoms with van der Waals surface area (Å²) in [6, 6.07) is 0. The van der Waals surface area contributed by atoms with E-state index in [0.717, 1.165) is 39.0 Å². The third kappa shape index (κ3) is 2.27. The average Bonchev–Trinajstić information content (AvgIpc) is 2.13. The molecule has 0 saturated carbocycles. The first-order valence-electron chi connectivity index (χ1n) is 5.37. The van der Waals surface area contributed by atoms with E-state index >= 15 is 0 Å². The van der Waals surface area contributed by atoms with Crippen LogP contribution in [0.25, 0.3) is 0 Å². The van der Waals surface area contributed by atoms with Crippen molar-refractivity contribution in [2.75, 3.05) is 31.9 Å². The zero-order chi connectivity index (χ0) is 10.0. The number of rotatable bonds is 3. The van der Waals surface area contributed by atoms with E-state index in [1.54, 1.807) is 4.31 Å². The van der Waals surface area contributed by atoms with Gasteiger partial charge in [-0.05, 0) is 18.8 Å². The Labute approximate surface area is 85.7 Å². The van der Waals surface area contributed by atoms with Gasteiger partial charge in [0.15, 0.2) is 0 Å². The highest BCUT2D eigenvalue weighted by molar-refractivity contribution is 7.89. The number of sulfonamides is 1. The maximum atomic E-state index is 11.9. The highest BCUT2D eigenvalue weighted by atomic mass is 32.2. The van der Waals surface area contributed by atoms with E-state index in [0.29, 0.717) is 11.7 Å². The van der Waals surface area contributed by atoms with E-state index in [1.165, 1.54) is 6.42 Å². The lowest BCUT2D eigenvalue weighted by Crippen LogP contribution is -2.48. The van der Waals surface area contributed by atoms with Crippen molar-refractivity contribution >= 4 is 10.0 Å². The summed E-state index contributed by atoms with van der Waals surface area (Å²) in [7, 11) is -2.95. The molecule has 0 aliphatic carbocycles. The Balaban J connectivity index is 1.91. The lowest BCUT2D eigenvalue weighted by molar-refractivity contribution is 0.330. The molecule has 2 heterocycles. The summed E-state index contributed by atoms with van der Waals surface area (Å²) in [6.45, 7) is 3.21. The average molecular weight is 218 g/mol. The fourth-order valence-electron chi connectivity index (χ4n) is 2.01. The molecule has 2 rings (SSSR count). The van der Waals surface area contributed by atoms with Crippen LogP contribution in [0, 0.1) is 5.92 Å². The second kappa shape index (κ2) is 4.16. The van der Waals surface area contributed by atoms with Crippen molar-refractivity contribution in [2.45, 2.75) is 19.3 Å². The summed E-state index contributed by atoms with van der Waals surface area (Å²) in [5.74, 6) is 0.696. The summed E-state index contributed by atoms with van der Waals surface area (Å²) in [4.78, 5) is 0. The SMILES string of the molecule is O=S(=O)(CC1CNC1)N1CCCCC1. The highest BCUT2D eigenvalue weighted by Gasteiger charge is 2.29. The van der Waals surface area contributed by atoms with Crippen LogP contribution in [0.1, 0.15) is 19.3 Å². The van der Waals surface area contributed by atoms with Gasteiger partial charge in [-0.1, -0.05) is 6.42 Å². The van der Waals surface area contributed by atoms with Gasteiger partial charge in [-0.2, -0.15) is 0 Å². The number of hydrogen-bond donors (Lipinski definition) is 1. The van der Waals surface area contributed by atoms with Gasteiger partial charge in [-0.3, -0.25) is 0 Å². The first-order chi connectivity index (χ1) is 6.68. The number of piperidine rings is 1. The summed E-state index contributed by atoms with van der Waals surface area (Å²) in [5, 5.41) is 3.10. The van der Waals surface area contributed by atoms with Crippen molar-refractivity contribution in [2.24, 2.45) is 5.92 Å². The van der Waals surface area contributed by atoms with E-state index in [9.17, 15) is 8.42 Å². The van der Waals surface area contributed by atoms with Gasteiger partial charge in [0.05, 0.1) is 5.75 Å². The maximum Gasteiger partial charge on any atom is 0.214 e. The van der Waals surface area contributed by atoms with E-state index in [2.05, 4.69) is 5.32 Å². The van der Waals surface area contributed by atoms with E-state index in [4.69, 9.17) is 0 Å². The standard InChI is InChI=1S/C9H18N2O2S/c12-14(13,8-9-6-10-7-9)11-4-2-1-3-5-11/h9-10H,1-8H2. The van der Waals surface area contributed by atoms with Gasteiger partial charge in [0, 0.05) is 26.2 Å². The van der Waals surface area contributed by atoms with Gasteiger partial charge in [-0.25, -0.2) is 12.7 Å². The predicted octanol–water partition coefficient (Wildman–Crippen LogP) is 0.0215. The van der Waals surface area contributed by atoms with Gasteiger partial charge in [0.2, 0.25) is 10.0 Å². The van der Waals surface area contributed by atoms with Gasteiger partial charge in [0.25, 0.3) is 0 Å². The molecule has 0 amide bonds. The molecule has 0 radical (unpaired) electrons. The number of nitrogens with one attached hydrogen (secondary N) is 1. The molecule has 0 aromatic rings. The Morgan fingerprint density at radius 3 is 2.29 bits per heavy atom. The quantitative estimate of drug-likeness (QED) is 0.726. The summed E-state index contributed by atoms with van der Waals surface area (Å²) >= 11 is 0. The summed E-state index contributed by atoms with van der Waals surface area (Å²) < 4.78 is 25.4. The minimum absolute atomic E-state index is 0.347. The molecule has 5 heteroatoms. The molecule has 0 spiro atoms. The van der Waals surface area contributed by atoms with Crippen LogP contribution in [0.15, 0.2) is 0 Å². The molecule has 0 aromatic carbocycles. The summed E-state index contributed by atoms with van der Waals surface area (Å²) in [6.07, 6.45) is 3.24. The predicted molar refractivity (Wildman–Crippen MR) is 55.6 cm³/mol. The lowest BCUT2D eigenvalue weighted by Gasteiger charge is -2.31. The van der Waals surface area contributed by atoms with Gasteiger partial charge >= 0.3 is 0 Å². The van der Waals surface area contributed by atoms with Crippen LogP contribution in [-0.2, 0) is 10.0 Å². The van der Waals surface area contributed by atoms with Crippen molar-refractivity contribution in [1.29, 1.82) is 0 Å². The summed E-state index contributed by atoms with van der Waals surface area (Å²) in [5.41, 5.74) is 0. The fraction of sp³-hybridized carbons (Fsp3) is 1.00. The zero-order valence-corrected chi connectivity index (χ0v) is 9.22. The van der Waals surface area contributed by atoms with Gasteiger partial charge in [0.1, 0.15) is 0 Å². The Morgan fingerprint density at radius 2 is 1.79 bits per heavy atom. The van der Waals surface area contributed by atoms with Crippen molar-refractivity contribution < 1.29 is 8.42 Å². The van der Waals surface area contributed by atoms with E-state index in [-0.39, 0.29) is 0 Å². The molecule has 2 saturated heterocycles. The molecule has 2 aliphatic rings. The zero-order valence-electron chi connectivity index (χ0n) is 8.41. The van der Waals surface area contributed by atoms with Crippen LogP contribution in [0.2, 0.25) is 0 Å². The Kier molecular flexibility index (Phi) is 3.09. The monoisotopic (exact) mass is 218 g/mol. The molecule has 0 atom stereocenters. The topological polar surface area (TPSA) is 49.4 Å². The lowest BCUT2D eigenvalue weighted by atomic mass is 10.1. The van der Waals surface area contributed by atoms with Crippen LogP contribution in [0.4, 0.5) is 0 Å². The molecular formula is C9H18N2O2S. The normalized spacial score (nSPS) is 26.0. The second-order valence-corrected chi connectivity index (χ2v) is 6.28. The van der Waals surface area contributed by atoms with Crippen LogP contribution >= 0.6 is 0 Å². The Bertz CT molecular complexity index is 279. The van der Waals surface area contributed by atoms with Crippen LogP contribution in [0.3, 0.4) is 0 Å². The molecule has 2 fully saturated rings. The molecule has 0 aromatic heterocycles. The number of nitrogens with zero attached hydrogens (tertiary/aromatic N) is 1. The van der Waals surface area contributed by atoms with Crippen molar-refractivity contribution in [3.05, 3.63) is 0 Å². The van der Waals surface area contributed by atoms with E-state index in [1.807, 2.05) is 0 Å². The van der Waals surface area contributed by atoms with Crippen molar-refractivity contribution in [3.63, 3.8) is 0 Å². The third-order valence-corrected chi connectivity index (χ3v) is 5.07. The van der Waals surface area contributed by atoms with Crippen molar-refractivity contribution in [3.8, 4) is 0 Å². The molecule has 0 bridgehead atoms. The third-order valence-electron chi connectivity index (χ3n) is 3.02. The molecule has 82 valence electrons. The Hall–Kier alpha value is -0.130. The van der Waals surface area contributed by atoms with Crippen LogP contribution < -0.4 is 5.32 Å². The first-order valence-corrected chi connectivity index (χ1v) is 6.98. The highest BCUT2D eigenvalue weighted by Crippen LogP contribution is 2.16. The van der Waals surface area contributed by atoms with E-state index < -0.39 is 10.0 Å². The molecule has 14 heavy (non-hydrogen) atoms. The molecule has 0 unspecified atom stereocenters. The van der Waals surface area contributed by atoms with Crippen molar-refractivity contribution in [1.82, 2.24) is 9.62 Å². The van der Waals surface area contributed by atoms with Crippen LogP contribution in [0.5, 0.6) is 0 Å². The number of hydrogen-bond acceptors (Lipinski definition) is 3. The Morgan fingerprint density at radius 1 is 1.14 bits per heavy atom. The minimum atomic E-state index is -2.95. The first kappa shape index (κ1) is 10.4. The fourth-order valence-corrected chi connectivity index (χ4v) is 3.87. The van der Waals surface area contributed by atoms with Gasteiger partial charge < -0.3 is 5.32 Å². The maximum absolute atomic E-state index is 11.9. The molecule has 1 N–H and O–H groups in total. The van der Waals surface area contributed by atoms with Gasteiger partial charge in [-0.15, -0.1) is 0 Å². The largest absolute Gasteiger partial charge is 0.316 e. The molecule has 4 nitrogen and oxygen atoms in total. The minimum Gasteiger partial charge on any atom is -0.316 e. The molecule has 2 aliphatic heterocycles. The smallest absolute Gasteiger partial charge is 0.214 e. The van der Waals surface area contributed by atoms with Crippen LogP contribution in [-0.4, -0.2) is 44.7 Å². The second-order valence-electron chi connectivity index (χ2n) is 4.26. The molecular weight excluding hydrogens is 200 g/mol.